The van der Waals surface area contributed by atoms with Crippen molar-refractivity contribution in [2.24, 2.45) is 11.8 Å². The van der Waals surface area contributed by atoms with Gasteiger partial charge in [0.2, 0.25) is 11.8 Å². The number of nitrogens with one attached hydrogen (secondary N) is 1. The first-order valence-electron chi connectivity index (χ1n) is 8.36. The van der Waals surface area contributed by atoms with Gasteiger partial charge >= 0.3 is 6.03 Å². The van der Waals surface area contributed by atoms with E-state index in [0.29, 0.717) is 25.4 Å². The molecule has 6 heteroatoms. The highest BCUT2D eigenvalue weighted by molar-refractivity contribution is 6.03. The SMILES string of the molecule is CC1CC(=O)N(CCCCCNC(=O)N2CC[C@H](C)C2)C1=O. The van der Waals surface area contributed by atoms with Crippen molar-refractivity contribution in [2.45, 2.75) is 46.0 Å². The summed E-state index contributed by atoms with van der Waals surface area (Å²) in [4.78, 5) is 38.5. The molecule has 2 heterocycles. The van der Waals surface area contributed by atoms with Crippen LogP contribution in [0.4, 0.5) is 4.79 Å². The minimum Gasteiger partial charge on any atom is -0.338 e. The first-order chi connectivity index (χ1) is 10.5. The molecule has 1 unspecified atom stereocenters. The fraction of sp³-hybridized carbons (Fsp3) is 0.812. The van der Waals surface area contributed by atoms with Crippen LogP contribution in [0.2, 0.25) is 0 Å². The van der Waals surface area contributed by atoms with Gasteiger partial charge in [-0.15, -0.1) is 0 Å². The molecule has 2 saturated heterocycles. The van der Waals surface area contributed by atoms with Crippen molar-refractivity contribution in [3.63, 3.8) is 0 Å². The molecule has 0 aromatic rings. The highest BCUT2D eigenvalue weighted by Gasteiger charge is 2.34. The third-order valence-corrected chi connectivity index (χ3v) is 4.52. The lowest BCUT2D eigenvalue weighted by atomic mass is 10.1. The van der Waals surface area contributed by atoms with Crippen LogP contribution < -0.4 is 5.32 Å². The number of carbonyl (C=O) groups excluding carboxylic acids is 3. The van der Waals surface area contributed by atoms with Crippen LogP contribution in [0.15, 0.2) is 0 Å². The second-order valence-electron chi connectivity index (χ2n) is 6.62. The summed E-state index contributed by atoms with van der Waals surface area (Å²) in [6.45, 7) is 6.83. The molecule has 2 aliphatic heterocycles. The van der Waals surface area contributed by atoms with Crippen LogP contribution in [-0.2, 0) is 9.59 Å². The van der Waals surface area contributed by atoms with E-state index in [1.54, 1.807) is 6.92 Å². The summed E-state index contributed by atoms with van der Waals surface area (Å²) in [5, 5.41) is 2.94. The van der Waals surface area contributed by atoms with E-state index < -0.39 is 0 Å². The van der Waals surface area contributed by atoms with E-state index in [1.165, 1.54) is 4.90 Å². The highest BCUT2D eigenvalue weighted by Crippen LogP contribution is 2.19. The molecule has 2 atom stereocenters. The first-order valence-corrected chi connectivity index (χ1v) is 8.36. The number of urea groups is 1. The van der Waals surface area contributed by atoms with Crippen LogP contribution in [0.5, 0.6) is 0 Å². The standard InChI is InChI=1S/C16H27N3O3/c1-12-6-9-18(11-12)16(22)17-7-4-3-5-8-19-14(20)10-13(2)15(19)21/h12-13H,3-11H2,1-2H3,(H,17,22)/t12-,13?/m0/s1. The fourth-order valence-corrected chi connectivity index (χ4v) is 3.08. The van der Waals surface area contributed by atoms with Gasteiger partial charge in [0.1, 0.15) is 0 Å². The zero-order chi connectivity index (χ0) is 16.1. The summed E-state index contributed by atoms with van der Waals surface area (Å²) in [6.07, 6.45) is 4.02. The summed E-state index contributed by atoms with van der Waals surface area (Å²) in [6, 6.07) is 0.0306. The van der Waals surface area contributed by atoms with Crippen molar-refractivity contribution in [1.82, 2.24) is 15.1 Å². The molecule has 2 aliphatic rings. The number of nitrogens with zero attached hydrogens (tertiary/aromatic N) is 2. The number of likely N-dealkylation sites (tertiary alicyclic amines) is 2. The van der Waals surface area contributed by atoms with Gasteiger partial charge in [-0.25, -0.2) is 4.79 Å². The molecule has 124 valence electrons. The van der Waals surface area contributed by atoms with Crippen LogP contribution in [0.3, 0.4) is 0 Å². The number of hydrogen-bond donors (Lipinski definition) is 1. The summed E-state index contributed by atoms with van der Waals surface area (Å²) in [5.74, 6) is 0.355. The molecule has 6 nitrogen and oxygen atoms in total. The van der Waals surface area contributed by atoms with Crippen LogP contribution in [-0.4, -0.2) is 53.8 Å². The highest BCUT2D eigenvalue weighted by atomic mass is 16.2. The van der Waals surface area contributed by atoms with Gasteiger partial charge in [0.15, 0.2) is 0 Å². The Labute approximate surface area is 132 Å². The third kappa shape index (κ3) is 4.21. The molecule has 0 saturated carbocycles. The summed E-state index contributed by atoms with van der Waals surface area (Å²) in [7, 11) is 0. The van der Waals surface area contributed by atoms with E-state index in [-0.39, 0.29) is 23.8 Å². The predicted molar refractivity (Wildman–Crippen MR) is 83.1 cm³/mol. The van der Waals surface area contributed by atoms with Gasteiger partial charge in [0, 0.05) is 38.5 Å². The van der Waals surface area contributed by atoms with E-state index in [1.807, 2.05) is 4.90 Å². The Morgan fingerprint density at radius 1 is 1.23 bits per heavy atom. The smallest absolute Gasteiger partial charge is 0.317 e. The Balaban J connectivity index is 1.54. The number of rotatable bonds is 6. The van der Waals surface area contributed by atoms with Crippen LogP contribution >= 0.6 is 0 Å². The Morgan fingerprint density at radius 3 is 2.59 bits per heavy atom. The van der Waals surface area contributed by atoms with Gasteiger partial charge < -0.3 is 10.2 Å². The van der Waals surface area contributed by atoms with Gasteiger partial charge in [0.25, 0.3) is 0 Å². The fourth-order valence-electron chi connectivity index (χ4n) is 3.08. The summed E-state index contributed by atoms with van der Waals surface area (Å²) >= 11 is 0. The largest absolute Gasteiger partial charge is 0.338 e. The van der Waals surface area contributed by atoms with Gasteiger partial charge in [-0.2, -0.15) is 0 Å². The lowest BCUT2D eigenvalue weighted by Gasteiger charge is -2.17. The summed E-state index contributed by atoms with van der Waals surface area (Å²) in [5.41, 5.74) is 0. The minimum atomic E-state index is -0.158. The Bertz CT molecular complexity index is 438. The van der Waals surface area contributed by atoms with Gasteiger partial charge in [-0.1, -0.05) is 13.8 Å². The number of hydrogen-bond acceptors (Lipinski definition) is 3. The number of amides is 4. The van der Waals surface area contributed by atoms with Crippen LogP contribution in [0.1, 0.15) is 46.0 Å². The van der Waals surface area contributed by atoms with Crippen molar-refractivity contribution in [3.8, 4) is 0 Å². The van der Waals surface area contributed by atoms with Crippen LogP contribution in [0.25, 0.3) is 0 Å². The normalized spacial score (nSPS) is 25.2. The summed E-state index contributed by atoms with van der Waals surface area (Å²) < 4.78 is 0. The Morgan fingerprint density at radius 2 is 2.00 bits per heavy atom. The van der Waals surface area contributed by atoms with Crippen LogP contribution in [0, 0.1) is 11.8 Å². The van der Waals surface area contributed by atoms with E-state index >= 15 is 0 Å². The molecule has 2 rings (SSSR count). The maximum atomic E-state index is 11.9. The van der Waals surface area contributed by atoms with E-state index in [4.69, 9.17) is 0 Å². The van der Waals surface area contributed by atoms with E-state index in [2.05, 4.69) is 12.2 Å². The van der Waals surface area contributed by atoms with Gasteiger partial charge in [-0.05, 0) is 31.6 Å². The minimum absolute atomic E-state index is 0.0306. The predicted octanol–water partition coefficient (Wildman–Crippen LogP) is 1.60. The molecule has 2 fully saturated rings. The molecule has 0 radical (unpaired) electrons. The number of imide groups is 1. The quantitative estimate of drug-likeness (QED) is 0.598. The molecule has 0 aromatic carbocycles. The molecule has 0 aliphatic carbocycles. The molecule has 22 heavy (non-hydrogen) atoms. The Kier molecular flexibility index (Phi) is 5.80. The van der Waals surface area contributed by atoms with E-state index in [9.17, 15) is 14.4 Å². The maximum absolute atomic E-state index is 11.9. The molecule has 4 amide bonds. The second kappa shape index (κ2) is 7.61. The van der Waals surface area contributed by atoms with E-state index in [0.717, 1.165) is 38.8 Å². The van der Waals surface area contributed by atoms with Crippen molar-refractivity contribution in [3.05, 3.63) is 0 Å². The average Bonchev–Trinajstić information content (AvgIpc) is 3.00. The number of carbonyl (C=O) groups is 3. The molecular weight excluding hydrogens is 282 g/mol. The molecule has 0 spiro atoms. The number of unbranched alkanes of at least 4 members (excludes halogenated alkanes) is 2. The maximum Gasteiger partial charge on any atom is 0.317 e. The van der Waals surface area contributed by atoms with Crippen molar-refractivity contribution < 1.29 is 14.4 Å². The second-order valence-corrected chi connectivity index (χ2v) is 6.62. The zero-order valence-electron chi connectivity index (χ0n) is 13.6. The third-order valence-electron chi connectivity index (χ3n) is 4.52. The molecule has 0 bridgehead atoms. The Hall–Kier alpha value is -1.59. The monoisotopic (exact) mass is 309 g/mol. The van der Waals surface area contributed by atoms with Crippen molar-refractivity contribution in [1.29, 1.82) is 0 Å². The molecular formula is C16H27N3O3. The topological polar surface area (TPSA) is 69.7 Å². The van der Waals surface area contributed by atoms with Gasteiger partial charge in [-0.3, -0.25) is 14.5 Å². The van der Waals surface area contributed by atoms with Crippen molar-refractivity contribution >= 4 is 17.8 Å². The molecule has 1 N–H and O–H groups in total. The molecule has 0 aromatic heterocycles. The first kappa shape index (κ1) is 16.8. The average molecular weight is 309 g/mol. The lowest BCUT2D eigenvalue weighted by molar-refractivity contribution is -0.139. The van der Waals surface area contributed by atoms with Gasteiger partial charge in [0.05, 0.1) is 0 Å². The zero-order valence-corrected chi connectivity index (χ0v) is 13.6. The lowest BCUT2D eigenvalue weighted by Crippen LogP contribution is -2.38. The van der Waals surface area contributed by atoms with Crippen molar-refractivity contribution in [2.75, 3.05) is 26.2 Å².